The summed E-state index contributed by atoms with van der Waals surface area (Å²) in [5.41, 5.74) is 0.549. The fourth-order valence-corrected chi connectivity index (χ4v) is 2.78. The van der Waals surface area contributed by atoms with Crippen LogP contribution in [-0.2, 0) is 4.79 Å². The van der Waals surface area contributed by atoms with Crippen molar-refractivity contribution in [1.82, 2.24) is 0 Å². The number of benzene rings is 1. The molecule has 0 aliphatic heterocycles. The highest BCUT2D eigenvalue weighted by Gasteiger charge is 2.08. The first kappa shape index (κ1) is 15.6. The highest BCUT2D eigenvalue weighted by atomic mass is 35.5. The Balaban J connectivity index is 2.07. The van der Waals surface area contributed by atoms with Crippen molar-refractivity contribution >= 4 is 57.5 Å². The van der Waals surface area contributed by atoms with E-state index in [2.05, 4.69) is 5.32 Å². The molecule has 0 aliphatic carbocycles. The second kappa shape index (κ2) is 6.76. The Bertz CT molecular complexity index is 705. The molecule has 0 unspecified atom stereocenters. The maximum atomic E-state index is 11.8. The normalized spacial score (nSPS) is 10.8. The van der Waals surface area contributed by atoms with Gasteiger partial charge >= 0.3 is 5.97 Å². The third-order valence-corrected chi connectivity index (χ3v) is 4.11. The second-order valence-electron chi connectivity index (χ2n) is 3.93. The quantitative estimate of drug-likeness (QED) is 0.809. The molecule has 0 saturated heterocycles. The number of amides is 1. The van der Waals surface area contributed by atoms with Gasteiger partial charge in [0.05, 0.1) is 5.00 Å². The smallest absolute Gasteiger partial charge is 0.345 e. The van der Waals surface area contributed by atoms with Gasteiger partial charge in [-0.2, -0.15) is 0 Å². The lowest BCUT2D eigenvalue weighted by Gasteiger charge is -2.01. The first-order valence-electron chi connectivity index (χ1n) is 5.73. The molecule has 0 saturated carbocycles. The van der Waals surface area contributed by atoms with Crippen LogP contribution in [0.25, 0.3) is 6.08 Å². The third-order valence-electron chi connectivity index (χ3n) is 2.46. The Kier molecular flexibility index (Phi) is 5.01. The maximum Gasteiger partial charge on any atom is 0.345 e. The van der Waals surface area contributed by atoms with Gasteiger partial charge in [-0.1, -0.05) is 29.3 Å². The fourth-order valence-electron chi connectivity index (χ4n) is 1.51. The van der Waals surface area contributed by atoms with E-state index >= 15 is 0 Å². The summed E-state index contributed by atoms with van der Waals surface area (Å²) in [4.78, 5) is 22.7. The molecule has 1 aromatic heterocycles. The molecular weight excluding hydrogens is 333 g/mol. The van der Waals surface area contributed by atoms with E-state index in [1.165, 1.54) is 24.3 Å². The Morgan fingerprint density at radius 2 is 1.81 bits per heavy atom. The Morgan fingerprint density at radius 1 is 1.14 bits per heavy atom. The molecule has 0 aliphatic rings. The number of rotatable bonds is 4. The van der Waals surface area contributed by atoms with Crippen LogP contribution < -0.4 is 5.32 Å². The molecule has 2 rings (SSSR count). The SMILES string of the molecule is O=C(/C=C/c1c(Cl)cccc1Cl)Nc1ccc(C(=O)O)s1. The van der Waals surface area contributed by atoms with Crippen LogP contribution in [0.1, 0.15) is 15.2 Å². The van der Waals surface area contributed by atoms with Crippen LogP contribution in [-0.4, -0.2) is 17.0 Å². The van der Waals surface area contributed by atoms with Crippen molar-refractivity contribution in [3.63, 3.8) is 0 Å². The van der Waals surface area contributed by atoms with Gasteiger partial charge in [0, 0.05) is 21.7 Å². The molecule has 4 nitrogen and oxygen atoms in total. The number of carboxylic acid groups (broad SMARTS) is 1. The summed E-state index contributed by atoms with van der Waals surface area (Å²) in [5, 5.41) is 12.7. The predicted molar refractivity (Wildman–Crippen MR) is 85.4 cm³/mol. The zero-order chi connectivity index (χ0) is 15.4. The number of hydrogen-bond donors (Lipinski definition) is 2. The predicted octanol–water partition coefficient (Wildman–Crippen LogP) is 4.41. The molecule has 0 atom stereocenters. The standard InChI is InChI=1S/C14H9Cl2NO3S/c15-9-2-1-3-10(16)8(9)4-6-12(18)17-13-7-5-11(21-13)14(19)20/h1-7H,(H,17,18)(H,19,20)/b6-4+. The average molecular weight is 342 g/mol. The van der Waals surface area contributed by atoms with Crippen molar-refractivity contribution in [2.24, 2.45) is 0 Å². The summed E-state index contributed by atoms with van der Waals surface area (Å²) in [7, 11) is 0. The molecule has 1 aromatic carbocycles. The van der Waals surface area contributed by atoms with E-state index < -0.39 is 11.9 Å². The van der Waals surface area contributed by atoms with Crippen molar-refractivity contribution in [3.05, 3.63) is 56.9 Å². The van der Waals surface area contributed by atoms with E-state index in [0.29, 0.717) is 20.6 Å². The summed E-state index contributed by atoms with van der Waals surface area (Å²) in [6.07, 6.45) is 2.79. The first-order chi connectivity index (χ1) is 9.97. The van der Waals surface area contributed by atoms with Crippen molar-refractivity contribution in [2.45, 2.75) is 0 Å². The molecule has 21 heavy (non-hydrogen) atoms. The number of aromatic carboxylic acids is 1. The van der Waals surface area contributed by atoms with Crippen molar-refractivity contribution in [1.29, 1.82) is 0 Å². The van der Waals surface area contributed by atoms with Gasteiger partial charge in [0.1, 0.15) is 4.88 Å². The number of carbonyl (C=O) groups is 2. The monoisotopic (exact) mass is 341 g/mol. The molecule has 1 heterocycles. The fraction of sp³-hybridized carbons (Fsp3) is 0. The van der Waals surface area contributed by atoms with Crippen LogP contribution >= 0.6 is 34.5 Å². The van der Waals surface area contributed by atoms with Gasteiger partial charge in [-0.3, -0.25) is 4.79 Å². The Hall–Kier alpha value is -1.82. The van der Waals surface area contributed by atoms with Crippen LogP contribution in [0.15, 0.2) is 36.4 Å². The number of anilines is 1. The molecule has 0 bridgehead atoms. The molecule has 0 radical (unpaired) electrons. The van der Waals surface area contributed by atoms with Crippen LogP contribution in [0.4, 0.5) is 5.00 Å². The topological polar surface area (TPSA) is 66.4 Å². The number of thiophene rings is 1. The Morgan fingerprint density at radius 3 is 2.38 bits per heavy atom. The van der Waals surface area contributed by atoms with E-state index in [9.17, 15) is 9.59 Å². The van der Waals surface area contributed by atoms with Crippen molar-refractivity contribution in [2.75, 3.05) is 5.32 Å². The minimum absolute atomic E-state index is 0.156. The molecule has 7 heteroatoms. The summed E-state index contributed by atoms with van der Waals surface area (Å²) in [6.45, 7) is 0. The van der Waals surface area contributed by atoms with Crippen LogP contribution in [0.3, 0.4) is 0 Å². The summed E-state index contributed by atoms with van der Waals surface area (Å²) in [5.74, 6) is -1.43. The van der Waals surface area contributed by atoms with Crippen molar-refractivity contribution < 1.29 is 14.7 Å². The second-order valence-corrected chi connectivity index (χ2v) is 5.83. The lowest BCUT2D eigenvalue weighted by Crippen LogP contribution is -2.06. The van der Waals surface area contributed by atoms with E-state index in [1.807, 2.05) is 0 Å². The molecule has 2 N–H and O–H groups in total. The molecule has 108 valence electrons. The van der Waals surface area contributed by atoms with Gasteiger partial charge in [-0.25, -0.2) is 4.79 Å². The van der Waals surface area contributed by atoms with Crippen LogP contribution in [0, 0.1) is 0 Å². The highest BCUT2D eigenvalue weighted by Crippen LogP contribution is 2.26. The van der Waals surface area contributed by atoms with Crippen molar-refractivity contribution in [3.8, 4) is 0 Å². The molecule has 1 amide bonds. The average Bonchev–Trinajstić information content (AvgIpc) is 2.87. The summed E-state index contributed by atoms with van der Waals surface area (Å²) >= 11 is 12.9. The van der Waals surface area contributed by atoms with Crippen LogP contribution in [0.2, 0.25) is 10.0 Å². The minimum atomic E-state index is -1.03. The number of halogens is 2. The first-order valence-corrected chi connectivity index (χ1v) is 7.31. The lowest BCUT2D eigenvalue weighted by atomic mass is 10.2. The maximum absolute atomic E-state index is 11.8. The van der Waals surface area contributed by atoms with Gasteiger partial charge in [0.25, 0.3) is 0 Å². The van der Waals surface area contributed by atoms with Gasteiger partial charge in [0.15, 0.2) is 0 Å². The minimum Gasteiger partial charge on any atom is -0.477 e. The van der Waals surface area contributed by atoms with Gasteiger partial charge in [-0.15, -0.1) is 11.3 Å². The number of nitrogens with one attached hydrogen (secondary N) is 1. The largest absolute Gasteiger partial charge is 0.477 e. The molecule has 2 aromatic rings. The van der Waals surface area contributed by atoms with E-state index in [0.717, 1.165) is 11.3 Å². The Labute approximate surface area is 134 Å². The van der Waals surface area contributed by atoms with Crippen LogP contribution in [0.5, 0.6) is 0 Å². The highest BCUT2D eigenvalue weighted by molar-refractivity contribution is 7.18. The van der Waals surface area contributed by atoms with E-state index in [-0.39, 0.29) is 4.88 Å². The lowest BCUT2D eigenvalue weighted by molar-refractivity contribution is -0.111. The zero-order valence-electron chi connectivity index (χ0n) is 10.5. The molecule has 0 fully saturated rings. The van der Waals surface area contributed by atoms with Gasteiger partial charge < -0.3 is 10.4 Å². The number of hydrogen-bond acceptors (Lipinski definition) is 3. The third kappa shape index (κ3) is 4.07. The molecule has 0 spiro atoms. The summed E-state index contributed by atoms with van der Waals surface area (Å²) in [6, 6.07) is 8.01. The summed E-state index contributed by atoms with van der Waals surface area (Å²) < 4.78 is 0. The number of carboxylic acids is 1. The number of carbonyl (C=O) groups excluding carboxylic acids is 1. The van der Waals surface area contributed by atoms with E-state index in [1.54, 1.807) is 18.2 Å². The van der Waals surface area contributed by atoms with E-state index in [4.69, 9.17) is 28.3 Å². The molecular formula is C14H9Cl2NO3S. The zero-order valence-corrected chi connectivity index (χ0v) is 12.8. The van der Waals surface area contributed by atoms with Gasteiger partial charge in [0.2, 0.25) is 5.91 Å². The van der Waals surface area contributed by atoms with Gasteiger partial charge in [-0.05, 0) is 30.3 Å².